The van der Waals surface area contributed by atoms with Crippen LogP contribution >= 0.6 is 0 Å². The van der Waals surface area contributed by atoms with Gasteiger partial charge in [0.15, 0.2) is 5.82 Å². The molecule has 7 heteroatoms. The number of aromatic nitrogens is 5. The van der Waals surface area contributed by atoms with Crippen LogP contribution in [0.25, 0.3) is 0 Å². The number of anilines is 1. The maximum absolute atomic E-state index is 12.0. The molecule has 0 aliphatic rings. The van der Waals surface area contributed by atoms with Gasteiger partial charge in [0.05, 0.1) is 31.9 Å². The van der Waals surface area contributed by atoms with E-state index in [-0.39, 0.29) is 12.3 Å². The summed E-state index contributed by atoms with van der Waals surface area (Å²) in [6.45, 7) is 3.29. The summed E-state index contributed by atoms with van der Waals surface area (Å²) in [4.78, 5) is 13.5. The monoisotopic (exact) mass is 310 g/mol. The van der Waals surface area contributed by atoms with Crippen LogP contribution in [-0.2, 0) is 24.3 Å². The fraction of sp³-hybridized carbons (Fsp3) is 0.250. The van der Waals surface area contributed by atoms with Crippen molar-refractivity contribution >= 4 is 11.7 Å². The molecule has 3 aromatic rings. The van der Waals surface area contributed by atoms with E-state index in [0.29, 0.717) is 18.9 Å². The van der Waals surface area contributed by atoms with Gasteiger partial charge in [-0.1, -0.05) is 30.3 Å². The Morgan fingerprint density at radius 1 is 1.13 bits per heavy atom. The van der Waals surface area contributed by atoms with Gasteiger partial charge in [-0.3, -0.25) is 9.48 Å². The Hall–Kier alpha value is -2.96. The zero-order chi connectivity index (χ0) is 16.1. The third-order valence-electron chi connectivity index (χ3n) is 3.33. The molecule has 0 radical (unpaired) electrons. The van der Waals surface area contributed by atoms with E-state index in [9.17, 15) is 4.79 Å². The topological polar surface area (TPSA) is 77.6 Å². The summed E-state index contributed by atoms with van der Waals surface area (Å²) in [5, 5.41) is 15.2. The largest absolute Gasteiger partial charge is 0.308 e. The molecule has 2 aromatic heterocycles. The molecule has 1 aromatic carbocycles. The molecule has 1 N–H and O–H groups in total. The molecule has 0 spiro atoms. The van der Waals surface area contributed by atoms with Gasteiger partial charge in [0.1, 0.15) is 0 Å². The molecule has 0 atom stereocenters. The fourth-order valence-electron chi connectivity index (χ4n) is 2.23. The molecule has 0 bridgehead atoms. The van der Waals surface area contributed by atoms with Crippen LogP contribution in [0.4, 0.5) is 5.82 Å². The number of benzene rings is 1. The Balaban J connectivity index is 1.57. The van der Waals surface area contributed by atoms with Crippen LogP contribution in [-0.4, -0.2) is 30.7 Å². The molecule has 3 rings (SSSR count). The van der Waals surface area contributed by atoms with Gasteiger partial charge in [-0.05, 0) is 18.1 Å². The highest BCUT2D eigenvalue weighted by Gasteiger charge is 2.08. The van der Waals surface area contributed by atoms with Gasteiger partial charge >= 0.3 is 0 Å². The Morgan fingerprint density at radius 2 is 1.96 bits per heavy atom. The molecular formula is C16H18N6O. The Morgan fingerprint density at radius 3 is 2.70 bits per heavy atom. The van der Waals surface area contributed by atoms with Gasteiger partial charge < -0.3 is 5.32 Å². The first-order chi connectivity index (χ1) is 11.2. The van der Waals surface area contributed by atoms with Crippen LogP contribution in [0.15, 0.2) is 48.9 Å². The lowest BCUT2D eigenvalue weighted by Crippen LogP contribution is -2.14. The second kappa shape index (κ2) is 6.87. The average Bonchev–Trinajstić information content (AvgIpc) is 3.18. The molecule has 1 amide bonds. The molecule has 0 unspecified atom stereocenters. The van der Waals surface area contributed by atoms with Crippen LogP contribution in [0.1, 0.15) is 18.1 Å². The number of amides is 1. The summed E-state index contributed by atoms with van der Waals surface area (Å²) in [6.07, 6.45) is 5.40. The molecular weight excluding hydrogens is 292 g/mol. The summed E-state index contributed by atoms with van der Waals surface area (Å²) < 4.78 is 1.82. The fourth-order valence-corrected chi connectivity index (χ4v) is 2.23. The normalized spacial score (nSPS) is 10.7. The zero-order valence-electron chi connectivity index (χ0n) is 12.9. The van der Waals surface area contributed by atoms with Gasteiger partial charge in [-0.25, -0.2) is 0 Å². The van der Waals surface area contributed by atoms with Crippen molar-refractivity contribution < 1.29 is 4.79 Å². The van der Waals surface area contributed by atoms with Crippen molar-refractivity contribution in [2.45, 2.75) is 26.4 Å². The van der Waals surface area contributed by atoms with Gasteiger partial charge in [0.2, 0.25) is 5.91 Å². The van der Waals surface area contributed by atoms with Gasteiger partial charge in [0, 0.05) is 6.20 Å². The molecule has 2 heterocycles. The highest BCUT2D eigenvalue weighted by molar-refractivity contribution is 5.91. The number of aryl methyl sites for hydroxylation is 1. The molecule has 0 aliphatic carbocycles. The van der Waals surface area contributed by atoms with Crippen molar-refractivity contribution in [2.24, 2.45) is 0 Å². The Kier molecular flexibility index (Phi) is 4.46. The molecule has 0 fully saturated rings. The molecule has 0 saturated carbocycles. The molecule has 0 aliphatic heterocycles. The quantitative estimate of drug-likeness (QED) is 0.752. The van der Waals surface area contributed by atoms with E-state index in [2.05, 4.69) is 20.6 Å². The molecule has 0 saturated heterocycles. The highest BCUT2D eigenvalue weighted by atomic mass is 16.1. The van der Waals surface area contributed by atoms with Crippen molar-refractivity contribution in [3.63, 3.8) is 0 Å². The number of hydrogen-bond acceptors (Lipinski definition) is 4. The van der Waals surface area contributed by atoms with Crippen molar-refractivity contribution in [3.8, 4) is 0 Å². The number of nitrogens with one attached hydrogen (secondary N) is 1. The number of carbonyl (C=O) groups is 1. The first-order valence-electron chi connectivity index (χ1n) is 7.48. The maximum Gasteiger partial charge on any atom is 0.230 e. The van der Waals surface area contributed by atoms with Crippen molar-refractivity contribution in [3.05, 3.63) is 60.0 Å². The molecule has 7 nitrogen and oxygen atoms in total. The first kappa shape index (κ1) is 15.0. The predicted molar refractivity (Wildman–Crippen MR) is 85.8 cm³/mol. The third-order valence-corrected chi connectivity index (χ3v) is 3.33. The Labute approximate surface area is 133 Å². The summed E-state index contributed by atoms with van der Waals surface area (Å²) in [6, 6.07) is 10.1. The lowest BCUT2D eigenvalue weighted by atomic mass is 10.2. The predicted octanol–water partition coefficient (Wildman–Crippen LogP) is 1.72. The van der Waals surface area contributed by atoms with E-state index < -0.39 is 0 Å². The first-order valence-corrected chi connectivity index (χ1v) is 7.48. The van der Waals surface area contributed by atoms with Crippen molar-refractivity contribution in [1.29, 1.82) is 0 Å². The second-order valence-electron chi connectivity index (χ2n) is 5.18. The lowest BCUT2D eigenvalue weighted by molar-refractivity contribution is -0.115. The lowest BCUT2D eigenvalue weighted by Gasteiger charge is -2.01. The Bertz CT molecular complexity index is 777. The minimum Gasteiger partial charge on any atom is -0.308 e. The van der Waals surface area contributed by atoms with E-state index in [1.165, 1.54) is 10.4 Å². The number of nitrogens with zero attached hydrogens (tertiary/aromatic N) is 5. The summed E-state index contributed by atoms with van der Waals surface area (Å²) in [5.74, 6) is 0.334. The number of hydrogen-bond donors (Lipinski definition) is 1. The number of rotatable bonds is 6. The minimum atomic E-state index is -0.132. The SMILES string of the molecule is CCn1ncc(NC(=O)Cc2cnn(Cc3ccccc3)c2)n1. The van der Waals surface area contributed by atoms with Gasteiger partial charge in [-0.2, -0.15) is 15.0 Å². The maximum atomic E-state index is 12.0. The summed E-state index contributed by atoms with van der Waals surface area (Å²) in [5.41, 5.74) is 2.03. The van der Waals surface area contributed by atoms with E-state index >= 15 is 0 Å². The second-order valence-corrected chi connectivity index (χ2v) is 5.18. The van der Waals surface area contributed by atoms with Gasteiger partial charge in [-0.15, -0.1) is 5.10 Å². The van der Waals surface area contributed by atoms with Crippen LogP contribution < -0.4 is 5.32 Å². The molecule has 23 heavy (non-hydrogen) atoms. The summed E-state index contributed by atoms with van der Waals surface area (Å²) in [7, 11) is 0. The minimum absolute atomic E-state index is 0.132. The zero-order valence-corrected chi connectivity index (χ0v) is 12.9. The van der Waals surface area contributed by atoms with Crippen LogP contribution in [0.3, 0.4) is 0 Å². The van der Waals surface area contributed by atoms with E-state index in [1.54, 1.807) is 12.4 Å². The third kappa shape index (κ3) is 4.03. The van der Waals surface area contributed by atoms with Crippen molar-refractivity contribution in [2.75, 3.05) is 5.32 Å². The summed E-state index contributed by atoms with van der Waals surface area (Å²) >= 11 is 0. The van der Waals surface area contributed by atoms with E-state index in [1.807, 2.05) is 48.1 Å². The highest BCUT2D eigenvalue weighted by Crippen LogP contribution is 2.06. The van der Waals surface area contributed by atoms with E-state index in [0.717, 1.165) is 5.56 Å². The molecule has 118 valence electrons. The van der Waals surface area contributed by atoms with Crippen LogP contribution in [0.2, 0.25) is 0 Å². The van der Waals surface area contributed by atoms with Crippen molar-refractivity contribution in [1.82, 2.24) is 24.8 Å². The van der Waals surface area contributed by atoms with Crippen LogP contribution in [0.5, 0.6) is 0 Å². The smallest absolute Gasteiger partial charge is 0.230 e. The average molecular weight is 310 g/mol. The van der Waals surface area contributed by atoms with Crippen LogP contribution in [0, 0.1) is 0 Å². The van der Waals surface area contributed by atoms with Gasteiger partial charge in [0.25, 0.3) is 0 Å². The van der Waals surface area contributed by atoms with E-state index in [4.69, 9.17) is 0 Å². The standard InChI is InChI=1S/C16H18N6O/c1-2-22-18-10-15(20-22)19-16(23)8-14-9-17-21(12-14)11-13-6-4-3-5-7-13/h3-7,9-10,12H,2,8,11H2,1H3,(H,19,20,23). The number of carbonyl (C=O) groups excluding carboxylic acids is 1.